The highest BCUT2D eigenvalue weighted by atomic mass is 127. The van der Waals surface area contributed by atoms with E-state index < -0.39 is 0 Å². The monoisotopic (exact) mass is 418 g/mol. The van der Waals surface area contributed by atoms with Gasteiger partial charge in [0.1, 0.15) is 5.52 Å². The van der Waals surface area contributed by atoms with Gasteiger partial charge in [0.25, 0.3) is 0 Å². The molecule has 1 aromatic carbocycles. The summed E-state index contributed by atoms with van der Waals surface area (Å²) in [4.78, 5) is 2.41. The van der Waals surface area contributed by atoms with Crippen molar-refractivity contribution in [3.63, 3.8) is 0 Å². The predicted octanol–water partition coefficient (Wildman–Crippen LogP) is 1.53. The molecule has 0 N–H and O–H groups in total. The number of nitrogens with zero attached hydrogens (tertiary/aromatic N) is 2. The maximum absolute atomic E-state index is 2.41. The number of aromatic nitrogens is 1. The van der Waals surface area contributed by atoms with Crippen molar-refractivity contribution in [2.24, 2.45) is 7.05 Å². The van der Waals surface area contributed by atoms with Crippen molar-refractivity contribution in [3.05, 3.63) is 24.3 Å². The topological polar surface area (TPSA) is 7.12 Å². The second-order valence-corrected chi connectivity index (χ2v) is 6.61. The van der Waals surface area contributed by atoms with Crippen LogP contribution in [0.3, 0.4) is 0 Å². The van der Waals surface area contributed by atoms with Gasteiger partial charge in [0, 0.05) is 0 Å². The van der Waals surface area contributed by atoms with Crippen LogP contribution in [0.1, 0.15) is 45.4 Å². The zero-order chi connectivity index (χ0) is 14.4. The average Bonchev–Trinajstić information content (AvgIpc) is 2.80. The molecule has 118 valence electrons. The van der Waals surface area contributed by atoms with Crippen LogP contribution >= 0.6 is 11.3 Å². The number of benzene rings is 1. The van der Waals surface area contributed by atoms with E-state index in [1.165, 1.54) is 53.9 Å². The van der Waals surface area contributed by atoms with E-state index in [0.717, 1.165) is 6.54 Å². The zero-order valence-corrected chi connectivity index (χ0v) is 16.4. The van der Waals surface area contributed by atoms with E-state index in [1.807, 2.05) is 11.3 Å². The van der Waals surface area contributed by atoms with E-state index in [-0.39, 0.29) is 24.0 Å². The lowest BCUT2D eigenvalue weighted by Gasteiger charge is -2.10. The fraction of sp³-hybridized carbons (Fsp3) is 0.588. The van der Waals surface area contributed by atoms with Gasteiger partial charge in [-0.05, 0) is 36.3 Å². The standard InChI is InChI=1S/C17H27N2S.HI/c1-4-5-6-7-8-11-14-18(2)17-19(3)15-12-9-10-13-16(15)20-17;/h9-10,12-13H,4-8,11,14H2,1-3H3;1H/q+1;/p-1. The van der Waals surface area contributed by atoms with Crippen LogP contribution < -0.4 is 33.4 Å². The summed E-state index contributed by atoms with van der Waals surface area (Å²) < 4.78 is 3.69. The third-order valence-electron chi connectivity index (χ3n) is 3.89. The molecule has 0 unspecified atom stereocenters. The van der Waals surface area contributed by atoms with E-state index >= 15 is 0 Å². The van der Waals surface area contributed by atoms with Crippen LogP contribution in [0.4, 0.5) is 5.13 Å². The first-order chi connectivity index (χ1) is 9.74. The number of anilines is 1. The Balaban J connectivity index is 0.00000220. The highest BCUT2D eigenvalue weighted by Gasteiger charge is 2.18. The van der Waals surface area contributed by atoms with Crippen molar-refractivity contribution in [2.45, 2.75) is 45.4 Å². The minimum Gasteiger partial charge on any atom is -1.00 e. The molecule has 0 spiro atoms. The van der Waals surface area contributed by atoms with Gasteiger partial charge in [-0.3, -0.25) is 4.90 Å². The maximum Gasteiger partial charge on any atom is 0.336 e. The van der Waals surface area contributed by atoms with Crippen LogP contribution in [0, 0.1) is 0 Å². The normalized spacial score (nSPS) is 10.6. The van der Waals surface area contributed by atoms with E-state index in [9.17, 15) is 0 Å². The molecule has 21 heavy (non-hydrogen) atoms. The Hall–Kier alpha value is -0.360. The zero-order valence-electron chi connectivity index (χ0n) is 13.4. The second-order valence-electron chi connectivity index (χ2n) is 5.60. The second kappa shape index (κ2) is 9.62. The first-order valence-corrected chi connectivity index (χ1v) is 8.64. The maximum atomic E-state index is 2.41. The average molecular weight is 418 g/mol. The molecule has 2 rings (SSSR count). The quantitative estimate of drug-likeness (QED) is 0.358. The molecule has 0 saturated heterocycles. The molecular formula is C17H27IN2S. The summed E-state index contributed by atoms with van der Waals surface area (Å²) in [6, 6.07) is 8.65. The summed E-state index contributed by atoms with van der Waals surface area (Å²) in [6.07, 6.45) is 8.17. The molecule has 0 aliphatic rings. The van der Waals surface area contributed by atoms with Crippen molar-refractivity contribution < 1.29 is 28.5 Å². The fourth-order valence-electron chi connectivity index (χ4n) is 2.65. The summed E-state index contributed by atoms with van der Waals surface area (Å²) in [5.41, 5.74) is 1.34. The molecule has 1 heterocycles. The number of thiazole rings is 1. The molecular weight excluding hydrogens is 391 g/mol. The number of unbranched alkanes of at least 4 members (excludes halogenated alkanes) is 5. The van der Waals surface area contributed by atoms with E-state index in [2.05, 4.69) is 54.8 Å². The number of para-hydroxylation sites is 1. The summed E-state index contributed by atoms with van der Waals surface area (Å²) in [5.74, 6) is 0. The summed E-state index contributed by atoms with van der Waals surface area (Å²) in [7, 11) is 4.39. The molecule has 0 fully saturated rings. The summed E-state index contributed by atoms with van der Waals surface area (Å²) in [6.45, 7) is 3.43. The Morgan fingerprint density at radius 1 is 1.05 bits per heavy atom. The Bertz CT molecular complexity index is 539. The van der Waals surface area contributed by atoms with Crippen molar-refractivity contribution in [1.82, 2.24) is 0 Å². The molecule has 0 bridgehead atoms. The van der Waals surface area contributed by atoms with Gasteiger partial charge in [-0.15, -0.1) is 0 Å². The highest BCUT2D eigenvalue weighted by molar-refractivity contribution is 7.21. The van der Waals surface area contributed by atoms with Gasteiger partial charge < -0.3 is 24.0 Å². The van der Waals surface area contributed by atoms with E-state index in [4.69, 9.17) is 0 Å². The minimum absolute atomic E-state index is 0. The lowest BCUT2D eigenvalue weighted by Crippen LogP contribution is -3.00. The van der Waals surface area contributed by atoms with Gasteiger partial charge in [-0.2, -0.15) is 0 Å². The first-order valence-electron chi connectivity index (χ1n) is 7.82. The molecule has 1 aromatic heterocycles. The van der Waals surface area contributed by atoms with E-state index in [1.54, 1.807) is 0 Å². The number of fused-ring (bicyclic) bond motifs is 1. The number of rotatable bonds is 8. The number of hydrogen-bond acceptors (Lipinski definition) is 2. The molecule has 0 aliphatic heterocycles. The van der Waals surface area contributed by atoms with Gasteiger partial charge in [-0.25, -0.2) is 4.57 Å². The van der Waals surface area contributed by atoms with Crippen LogP contribution in [-0.2, 0) is 7.05 Å². The Kier molecular flexibility index (Phi) is 8.56. The van der Waals surface area contributed by atoms with Crippen LogP contribution in [0.25, 0.3) is 10.2 Å². The van der Waals surface area contributed by atoms with Gasteiger partial charge >= 0.3 is 5.13 Å². The predicted molar refractivity (Wildman–Crippen MR) is 89.6 cm³/mol. The molecule has 2 nitrogen and oxygen atoms in total. The third kappa shape index (κ3) is 5.09. The number of halogens is 1. The molecule has 4 heteroatoms. The molecule has 0 amide bonds. The highest BCUT2D eigenvalue weighted by Crippen LogP contribution is 2.25. The molecule has 2 aromatic rings. The van der Waals surface area contributed by atoms with Crippen LogP contribution in [0.5, 0.6) is 0 Å². The van der Waals surface area contributed by atoms with Gasteiger partial charge in [-0.1, -0.05) is 44.7 Å². The molecule has 0 atom stereocenters. The molecule has 0 saturated carbocycles. The van der Waals surface area contributed by atoms with E-state index in [0.29, 0.717) is 0 Å². The van der Waals surface area contributed by atoms with Gasteiger partial charge in [0.15, 0.2) is 0 Å². The molecule has 0 radical (unpaired) electrons. The Labute approximate surface area is 150 Å². The number of aryl methyl sites for hydroxylation is 1. The lowest BCUT2D eigenvalue weighted by molar-refractivity contribution is -0.628. The Morgan fingerprint density at radius 2 is 1.71 bits per heavy atom. The lowest BCUT2D eigenvalue weighted by atomic mass is 10.1. The Morgan fingerprint density at radius 3 is 2.43 bits per heavy atom. The first kappa shape index (κ1) is 18.7. The van der Waals surface area contributed by atoms with Crippen LogP contribution in [-0.4, -0.2) is 13.6 Å². The molecule has 0 aliphatic carbocycles. The largest absolute Gasteiger partial charge is 1.00 e. The van der Waals surface area contributed by atoms with Gasteiger partial charge in [0.05, 0.1) is 25.3 Å². The van der Waals surface area contributed by atoms with Crippen molar-refractivity contribution >= 4 is 26.7 Å². The number of hydrogen-bond donors (Lipinski definition) is 0. The minimum atomic E-state index is 0. The fourth-order valence-corrected chi connectivity index (χ4v) is 3.78. The smallest absolute Gasteiger partial charge is 0.336 e. The third-order valence-corrected chi connectivity index (χ3v) is 5.22. The van der Waals surface area contributed by atoms with Crippen LogP contribution in [0.2, 0.25) is 0 Å². The van der Waals surface area contributed by atoms with Crippen molar-refractivity contribution in [2.75, 3.05) is 18.5 Å². The van der Waals surface area contributed by atoms with Crippen LogP contribution in [0.15, 0.2) is 24.3 Å². The summed E-state index contributed by atoms with van der Waals surface area (Å²) >= 11 is 1.89. The van der Waals surface area contributed by atoms with Crippen molar-refractivity contribution in [3.8, 4) is 0 Å². The van der Waals surface area contributed by atoms with Gasteiger partial charge in [0.2, 0.25) is 0 Å². The van der Waals surface area contributed by atoms with Crippen molar-refractivity contribution in [1.29, 1.82) is 0 Å². The summed E-state index contributed by atoms with van der Waals surface area (Å²) in [5, 5.41) is 1.36. The SMILES string of the molecule is CCCCCCCCN(C)c1sc2ccccc2[n+]1C.[I-].